The van der Waals surface area contributed by atoms with E-state index in [1.54, 1.807) is 0 Å². The lowest BCUT2D eigenvalue weighted by Crippen LogP contribution is -2.48. The molecule has 2 atom stereocenters. The summed E-state index contributed by atoms with van der Waals surface area (Å²) in [6.07, 6.45) is 0.963. The highest BCUT2D eigenvalue weighted by molar-refractivity contribution is 7.92. The van der Waals surface area contributed by atoms with Gasteiger partial charge in [0, 0.05) is 37.5 Å². The monoisotopic (exact) mass is 576 g/mol. The van der Waals surface area contributed by atoms with Crippen LogP contribution in [0.4, 0.5) is 14.6 Å². The molecule has 0 aliphatic rings. The Kier molecular flexibility index (Phi) is 11.5. The Morgan fingerprint density at radius 1 is 1.02 bits per heavy atom. The number of sulfonamides is 1. The van der Waals surface area contributed by atoms with Gasteiger partial charge >= 0.3 is 0 Å². The molecule has 5 N–H and O–H groups in total. The summed E-state index contributed by atoms with van der Waals surface area (Å²) in [5, 5.41) is 25.7. The largest absolute Gasteiger partial charge is 0.396 e. The maximum atomic E-state index is 13.8. The lowest BCUT2D eigenvalue weighted by atomic mass is 10.00. The van der Waals surface area contributed by atoms with Gasteiger partial charge in [-0.25, -0.2) is 22.2 Å². The van der Waals surface area contributed by atoms with E-state index in [4.69, 9.17) is 5.11 Å². The summed E-state index contributed by atoms with van der Waals surface area (Å²) in [5.41, 5.74) is 2.49. The van der Waals surface area contributed by atoms with Crippen LogP contribution in [0.25, 0.3) is 0 Å². The molecule has 0 radical (unpaired) electrons. The zero-order chi connectivity index (χ0) is 29.1. The van der Waals surface area contributed by atoms with Gasteiger partial charge in [-0.1, -0.05) is 31.2 Å². The molecule has 0 bridgehead atoms. The van der Waals surface area contributed by atoms with Crippen LogP contribution in [0, 0.1) is 11.6 Å². The van der Waals surface area contributed by atoms with Crippen LogP contribution in [0.15, 0.2) is 60.8 Å². The van der Waals surface area contributed by atoms with Gasteiger partial charge in [-0.2, -0.15) is 0 Å². The van der Waals surface area contributed by atoms with Crippen molar-refractivity contribution < 1.29 is 32.2 Å². The molecule has 0 spiro atoms. The molecule has 3 aromatic rings. The second-order valence-electron chi connectivity index (χ2n) is 9.36. The van der Waals surface area contributed by atoms with Gasteiger partial charge in [0.2, 0.25) is 10.0 Å². The normalized spacial score (nSPS) is 13.0. The molecule has 1 heterocycles. The minimum atomic E-state index is -3.79. The molecule has 0 saturated heterocycles. The van der Waals surface area contributed by atoms with E-state index in [-0.39, 0.29) is 48.7 Å². The van der Waals surface area contributed by atoms with E-state index < -0.39 is 39.7 Å². The number of hydrogen-bond acceptors (Lipinski definition) is 7. The Balaban J connectivity index is 1.74. The second-order valence-corrected chi connectivity index (χ2v) is 11.2. The molecule has 0 aliphatic heterocycles. The predicted octanol–water partition coefficient (Wildman–Crippen LogP) is 2.54. The van der Waals surface area contributed by atoms with E-state index in [0.29, 0.717) is 6.54 Å². The molecule has 9 nitrogen and oxygen atoms in total. The van der Waals surface area contributed by atoms with Gasteiger partial charge in [0.25, 0.3) is 5.91 Å². The smallest absolute Gasteiger partial charge is 0.251 e. The summed E-state index contributed by atoms with van der Waals surface area (Å²) >= 11 is 0. The van der Waals surface area contributed by atoms with Crippen molar-refractivity contribution >= 4 is 21.7 Å². The first-order valence-corrected chi connectivity index (χ1v) is 14.5. The van der Waals surface area contributed by atoms with E-state index >= 15 is 0 Å². The number of halogens is 2. The number of aryl methyl sites for hydroxylation is 1. The summed E-state index contributed by atoms with van der Waals surface area (Å²) in [6.45, 7) is 2.29. The molecule has 1 aromatic heterocycles. The van der Waals surface area contributed by atoms with Gasteiger partial charge in [-0.15, -0.1) is 0 Å². The van der Waals surface area contributed by atoms with Gasteiger partial charge in [0.1, 0.15) is 17.5 Å². The number of hydrogen-bond donors (Lipinski definition) is 5. The fourth-order valence-electron chi connectivity index (χ4n) is 4.08. The summed E-state index contributed by atoms with van der Waals surface area (Å²) in [7, 11) is -3.79. The molecule has 40 heavy (non-hydrogen) atoms. The average Bonchev–Trinajstić information content (AvgIpc) is 2.91. The molecule has 2 aromatic carbocycles. The van der Waals surface area contributed by atoms with E-state index in [1.165, 1.54) is 23.9 Å². The highest BCUT2D eigenvalue weighted by Gasteiger charge is 2.23. The minimum absolute atomic E-state index is 0.0355. The lowest BCUT2D eigenvalue weighted by Gasteiger charge is -2.25. The first-order chi connectivity index (χ1) is 19.1. The Bertz CT molecular complexity index is 1370. The number of pyridine rings is 1. The number of aliphatic hydroxyl groups is 2. The van der Waals surface area contributed by atoms with Crippen LogP contribution in [-0.4, -0.2) is 60.6 Å². The van der Waals surface area contributed by atoms with Crippen LogP contribution >= 0.6 is 0 Å². The maximum absolute atomic E-state index is 13.8. The van der Waals surface area contributed by atoms with E-state index in [2.05, 4.69) is 27.3 Å². The molecule has 216 valence electrons. The van der Waals surface area contributed by atoms with Gasteiger partial charge in [-0.3, -0.25) is 9.52 Å². The van der Waals surface area contributed by atoms with Crippen molar-refractivity contribution in [1.82, 2.24) is 15.6 Å². The predicted molar refractivity (Wildman–Crippen MR) is 148 cm³/mol. The van der Waals surface area contributed by atoms with E-state index in [9.17, 15) is 27.1 Å². The van der Waals surface area contributed by atoms with Crippen LogP contribution in [0.1, 0.15) is 40.4 Å². The number of nitrogens with zero attached hydrogens (tertiary/aromatic N) is 1. The second kappa shape index (κ2) is 14.8. The van der Waals surface area contributed by atoms with Gasteiger partial charge in [0.15, 0.2) is 0 Å². The highest BCUT2D eigenvalue weighted by Crippen LogP contribution is 2.14. The van der Waals surface area contributed by atoms with Gasteiger partial charge in [0.05, 0.1) is 17.9 Å². The maximum Gasteiger partial charge on any atom is 0.251 e. The average molecular weight is 577 g/mol. The molecule has 12 heteroatoms. The highest BCUT2D eigenvalue weighted by atomic mass is 32.2. The number of carbonyl (C=O) groups excluding carboxylic acids is 1. The topological polar surface area (TPSA) is 141 Å². The molecular formula is C28H34F2N4O5S. The SMILES string of the molecule is CCc1cccc(CNC[C@@H](O)[C@H](Cc2cc(F)cc(F)c2)NC(=O)c2ccnc(NS(=O)(=O)CCCO)c2)c1. The first kappa shape index (κ1) is 31.1. The molecule has 0 fully saturated rings. The van der Waals surface area contributed by atoms with Crippen molar-refractivity contribution in [3.8, 4) is 0 Å². The number of aliphatic hydroxyl groups excluding tert-OH is 2. The Morgan fingerprint density at radius 3 is 2.45 bits per heavy atom. The fourth-order valence-corrected chi connectivity index (χ4v) is 5.12. The number of anilines is 1. The standard InChI is InChI=1S/C28H34F2N4O5S/c1-2-19-5-3-6-20(11-19)17-31-18-26(36)25(14-21-12-23(29)16-24(30)13-21)33-28(37)22-7-8-32-27(15-22)34-40(38,39)10-4-9-35/h3,5-8,11-13,15-16,25-26,31,35-36H,2,4,9-10,14,17-18H2,1H3,(H,32,34)(H,33,37)/t25-,26+/m0/s1. The third kappa shape index (κ3) is 9.94. The molecule has 3 rings (SSSR count). The third-order valence-corrected chi connectivity index (χ3v) is 7.44. The number of carbonyl (C=O) groups is 1. The Morgan fingerprint density at radius 2 is 1.75 bits per heavy atom. The van der Waals surface area contributed by atoms with E-state index in [1.807, 2.05) is 24.3 Å². The Labute approximate surface area is 232 Å². The van der Waals surface area contributed by atoms with Crippen molar-refractivity contribution in [2.75, 3.05) is 23.6 Å². The number of benzene rings is 2. The van der Waals surface area contributed by atoms with Crippen molar-refractivity contribution in [2.45, 2.75) is 44.9 Å². The van der Waals surface area contributed by atoms with Crippen molar-refractivity contribution in [1.29, 1.82) is 0 Å². The molecule has 0 saturated carbocycles. The quantitative estimate of drug-likeness (QED) is 0.187. The zero-order valence-corrected chi connectivity index (χ0v) is 22.9. The van der Waals surface area contributed by atoms with Crippen LogP contribution in [-0.2, 0) is 29.4 Å². The first-order valence-electron chi connectivity index (χ1n) is 12.9. The number of aromatic nitrogens is 1. The van der Waals surface area contributed by atoms with E-state index in [0.717, 1.165) is 30.2 Å². The number of amides is 1. The van der Waals surface area contributed by atoms with Crippen LogP contribution in [0.5, 0.6) is 0 Å². The van der Waals surface area contributed by atoms with Gasteiger partial charge in [-0.05, 0) is 60.2 Å². The van der Waals surface area contributed by atoms with Gasteiger partial charge < -0.3 is 20.8 Å². The summed E-state index contributed by atoms with van der Waals surface area (Å²) in [6, 6.07) is 12.6. The van der Waals surface area contributed by atoms with Crippen molar-refractivity contribution in [3.05, 3.63) is 94.7 Å². The summed E-state index contributed by atoms with van der Waals surface area (Å²) in [4.78, 5) is 17.0. The molecular weight excluding hydrogens is 542 g/mol. The fraction of sp³-hybridized carbons (Fsp3) is 0.357. The summed E-state index contributed by atoms with van der Waals surface area (Å²) in [5.74, 6) is -2.62. The van der Waals surface area contributed by atoms with Crippen molar-refractivity contribution in [3.63, 3.8) is 0 Å². The lowest BCUT2D eigenvalue weighted by molar-refractivity contribution is 0.0829. The van der Waals surface area contributed by atoms with Crippen molar-refractivity contribution in [2.24, 2.45) is 0 Å². The van der Waals surface area contributed by atoms with Crippen LogP contribution in [0.3, 0.4) is 0 Å². The Hall–Kier alpha value is -3.45. The number of nitrogens with one attached hydrogen (secondary N) is 3. The summed E-state index contributed by atoms with van der Waals surface area (Å²) < 4.78 is 54.2. The van der Waals surface area contributed by atoms with Crippen LogP contribution < -0.4 is 15.4 Å². The minimum Gasteiger partial charge on any atom is -0.396 e. The molecule has 1 amide bonds. The number of rotatable bonds is 15. The molecule has 0 unspecified atom stereocenters. The third-order valence-electron chi connectivity index (χ3n) is 6.09. The van der Waals surface area contributed by atoms with Crippen LogP contribution in [0.2, 0.25) is 0 Å². The zero-order valence-electron chi connectivity index (χ0n) is 22.1. The molecule has 0 aliphatic carbocycles.